The Labute approximate surface area is 130 Å². The van der Waals surface area contributed by atoms with Gasteiger partial charge in [0, 0.05) is 17.5 Å². The second kappa shape index (κ2) is 5.25. The Morgan fingerprint density at radius 1 is 1.00 bits per heavy atom. The molecule has 1 heterocycles. The number of nitrogens with zero attached hydrogens (tertiary/aromatic N) is 1. The Kier molecular flexibility index (Phi) is 3.23. The van der Waals surface area contributed by atoms with E-state index in [2.05, 4.69) is 23.2 Å². The summed E-state index contributed by atoms with van der Waals surface area (Å²) in [5.74, 6) is 0.705. The van der Waals surface area contributed by atoms with Crippen molar-refractivity contribution in [2.45, 2.75) is 31.1 Å². The molecule has 0 unspecified atom stereocenters. The van der Waals surface area contributed by atoms with E-state index in [1.165, 1.54) is 18.4 Å². The number of oxazole rings is 1. The van der Waals surface area contributed by atoms with Crippen molar-refractivity contribution in [2.24, 2.45) is 5.73 Å². The molecule has 0 radical (unpaired) electrons. The Morgan fingerprint density at radius 2 is 1.73 bits per heavy atom. The van der Waals surface area contributed by atoms with Crippen molar-refractivity contribution in [1.29, 1.82) is 0 Å². The molecular weight excluding hydrogens is 272 g/mol. The molecule has 0 amide bonds. The SMILES string of the molecule is NCC1(c2ccccc2-c2nc3ccccc3o2)CCCC1. The van der Waals surface area contributed by atoms with E-state index in [0.29, 0.717) is 12.4 Å². The van der Waals surface area contributed by atoms with Gasteiger partial charge in [-0.05, 0) is 36.6 Å². The summed E-state index contributed by atoms with van der Waals surface area (Å²) >= 11 is 0. The molecule has 3 aromatic rings. The quantitative estimate of drug-likeness (QED) is 0.784. The molecule has 4 rings (SSSR count). The molecular formula is C19H20N2O. The van der Waals surface area contributed by atoms with Gasteiger partial charge < -0.3 is 10.2 Å². The van der Waals surface area contributed by atoms with Crippen LogP contribution in [-0.4, -0.2) is 11.5 Å². The van der Waals surface area contributed by atoms with Crippen LogP contribution in [0.4, 0.5) is 0 Å². The van der Waals surface area contributed by atoms with Crippen LogP contribution in [0.3, 0.4) is 0 Å². The van der Waals surface area contributed by atoms with Crippen LogP contribution in [0.15, 0.2) is 52.9 Å². The molecule has 3 heteroatoms. The van der Waals surface area contributed by atoms with Gasteiger partial charge >= 0.3 is 0 Å². The maximum absolute atomic E-state index is 6.17. The fraction of sp³-hybridized carbons (Fsp3) is 0.316. The standard InChI is InChI=1S/C19H20N2O/c20-13-19(11-5-6-12-19)15-8-2-1-7-14(15)18-21-16-9-3-4-10-17(16)22-18/h1-4,7-10H,5-6,11-13,20H2. The lowest BCUT2D eigenvalue weighted by atomic mass is 9.76. The minimum atomic E-state index is 0.0806. The first-order chi connectivity index (χ1) is 10.8. The number of aromatic nitrogens is 1. The predicted molar refractivity (Wildman–Crippen MR) is 88.6 cm³/mol. The van der Waals surface area contributed by atoms with Gasteiger partial charge in [-0.3, -0.25) is 0 Å². The fourth-order valence-electron chi connectivity index (χ4n) is 3.75. The molecule has 2 aromatic carbocycles. The highest BCUT2D eigenvalue weighted by Crippen LogP contribution is 2.44. The Hall–Kier alpha value is -2.13. The second-order valence-electron chi connectivity index (χ2n) is 6.22. The van der Waals surface area contributed by atoms with Crippen molar-refractivity contribution in [3.63, 3.8) is 0 Å². The Morgan fingerprint density at radius 3 is 2.50 bits per heavy atom. The third kappa shape index (κ3) is 2.04. The van der Waals surface area contributed by atoms with Crippen LogP contribution in [-0.2, 0) is 5.41 Å². The number of hydrogen-bond donors (Lipinski definition) is 1. The lowest BCUT2D eigenvalue weighted by molar-refractivity contribution is 0.452. The lowest BCUT2D eigenvalue weighted by Crippen LogP contribution is -2.32. The van der Waals surface area contributed by atoms with E-state index < -0.39 is 0 Å². The van der Waals surface area contributed by atoms with Crippen LogP contribution in [0.25, 0.3) is 22.6 Å². The van der Waals surface area contributed by atoms with Gasteiger partial charge in [0.25, 0.3) is 0 Å². The van der Waals surface area contributed by atoms with Crippen molar-refractivity contribution < 1.29 is 4.42 Å². The van der Waals surface area contributed by atoms with Gasteiger partial charge in [0.05, 0.1) is 0 Å². The average Bonchev–Trinajstić information content (AvgIpc) is 3.22. The van der Waals surface area contributed by atoms with E-state index in [-0.39, 0.29) is 5.41 Å². The van der Waals surface area contributed by atoms with E-state index in [0.717, 1.165) is 29.5 Å². The van der Waals surface area contributed by atoms with Crippen molar-refractivity contribution in [1.82, 2.24) is 4.98 Å². The Bertz CT molecular complexity index is 767. The molecule has 1 fully saturated rings. The van der Waals surface area contributed by atoms with Crippen LogP contribution in [0, 0.1) is 0 Å². The summed E-state index contributed by atoms with van der Waals surface area (Å²) in [7, 11) is 0. The third-order valence-corrected chi connectivity index (χ3v) is 4.97. The van der Waals surface area contributed by atoms with Crippen LogP contribution < -0.4 is 5.73 Å². The maximum Gasteiger partial charge on any atom is 0.227 e. The first kappa shape index (κ1) is 13.5. The number of fused-ring (bicyclic) bond motifs is 1. The average molecular weight is 292 g/mol. The number of nitrogens with two attached hydrogens (primary N) is 1. The molecule has 2 N–H and O–H groups in total. The number of para-hydroxylation sites is 2. The van der Waals surface area contributed by atoms with Gasteiger partial charge in [0.1, 0.15) is 5.52 Å². The van der Waals surface area contributed by atoms with Gasteiger partial charge in [-0.1, -0.05) is 43.2 Å². The largest absolute Gasteiger partial charge is 0.436 e. The molecule has 1 aliphatic rings. The normalized spacial score (nSPS) is 17.1. The molecule has 3 nitrogen and oxygen atoms in total. The maximum atomic E-state index is 6.17. The topological polar surface area (TPSA) is 52.0 Å². The summed E-state index contributed by atoms with van der Waals surface area (Å²) in [6.07, 6.45) is 4.81. The minimum Gasteiger partial charge on any atom is -0.436 e. The number of hydrogen-bond acceptors (Lipinski definition) is 3. The summed E-state index contributed by atoms with van der Waals surface area (Å²) in [5.41, 5.74) is 10.4. The van der Waals surface area contributed by atoms with Crippen molar-refractivity contribution in [3.8, 4) is 11.5 Å². The summed E-state index contributed by atoms with van der Waals surface area (Å²) < 4.78 is 5.99. The molecule has 0 aliphatic heterocycles. The highest BCUT2D eigenvalue weighted by atomic mass is 16.3. The predicted octanol–water partition coefficient (Wildman–Crippen LogP) is 4.27. The molecule has 1 aliphatic carbocycles. The zero-order valence-electron chi connectivity index (χ0n) is 12.6. The molecule has 0 atom stereocenters. The van der Waals surface area contributed by atoms with Crippen molar-refractivity contribution in [2.75, 3.05) is 6.54 Å². The lowest BCUT2D eigenvalue weighted by Gasteiger charge is -2.29. The molecule has 1 saturated carbocycles. The molecule has 0 spiro atoms. The van der Waals surface area contributed by atoms with Gasteiger partial charge in [-0.2, -0.15) is 0 Å². The summed E-state index contributed by atoms with van der Waals surface area (Å²) in [6, 6.07) is 16.4. The van der Waals surface area contributed by atoms with Gasteiger partial charge in [-0.15, -0.1) is 0 Å². The first-order valence-electron chi connectivity index (χ1n) is 7.98. The summed E-state index contributed by atoms with van der Waals surface area (Å²) in [4.78, 5) is 4.67. The first-order valence-corrected chi connectivity index (χ1v) is 7.98. The molecule has 112 valence electrons. The third-order valence-electron chi connectivity index (χ3n) is 4.97. The van der Waals surface area contributed by atoms with Crippen molar-refractivity contribution in [3.05, 3.63) is 54.1 Å². The zero-order chi connectivity index (χ0) is 15.0. The summed E-state index contributed by atoms with van der Waals surface area (Å²) in [5, 5.41) is 0. The van der Waals surface area contributed by atoms with E-state index in [4.69, 9.17) is 10.2 Å². The van der Waals surface area contributed by atoms with Crippen LogP contribution in [0.2, 0.25) is 0 Å². The van der Waals surface area contributed by atoms with Gasteiger partial charge in [0.2, 0.25) is 5.89 Å². The van der Waals surface area contributed by atoms with Crippen LogP contribution in [0.1, 0.15) is 31.2 Å². The summed E-state index contributed by atoms with van der Waals surface area (Å²) in [6.45, 7) is 0.685. The zero-order valence-corrected chi connectivity index (χ0v) is 12.6. The highest BCUT2D eigenvalue weighted by Gasteiger charge is 2.36. The number of rotatable bonds is 3. The smallest absolute Gasteiger partial charge is 0.227 e. The highest BCUT2D eigenvalue weighted by molar-refractivity contribution is 5.77. The minimum absolute atomic E-state index is 0.0806. The fourth-order valence-corrected chi connectivity index (χ4v) is 3.75. The van der Waals surface area contributed by atoms with Crippen LogP contribution in [0.5, 0.6) is 0 Å². The van der Waals surface area contributed by atoms with E-state index in [1.54, 1.807) is 0 Å². The molecule has 1 aromatic heterocycles. The van der Waals surface area contributed by atoms with E-state index >= 15 is 0 Å². The van der Waals surface area contributed by atoms with E-state index in [9.17, 15) is 0 Å². The molecule has 0 bridgehead atoms. The van der Waals surface area contributed by atoms with Gasteiger partial charge in [-0.25, -0.2) is 4.98 Å². The second-order valence-corrected chi connectivity index (χ2v) is 6.22. The van der Waals surface area contributed by atoms with Gasteiger partial charge in [0.15, 0.2) is 5.58 Å². The molecule has 0 saturated heterocycles. The van der Waals surface area contributed by atoms with Crippen LogP contribution >= 0.6 is 0 Å². The Balaban J connectivity index is 1.88. The van der Waals surface area contributed by atoms with Crippen molar-refractivity contribution >= 4 is 11.1 Å². The monoisotopic (exact) mass is 292 g/mol. The molecule has 22 heavy (non-hydrogen) atoms. The number of benzene rings is 2. The van der Waals surface area contributed by atoms with E-state index in [1.807, 2.05) is 30.3 Å².